The van der Waals surface area contributed by atoms with Crippen molar-refractivity contribution in [2.75, 3.05) is 14.1 Å². The van der Waals surface area contributed by atoms with Gasteiger partial charge in [0.05, 0.1) is 11.0 Å². The van der Waals surface area contributed by atoms with E-state index in [2.05, 4.69) is 66.8 Å². The Hall–Kier alpha value is -1.35. The van der Waals surface area contributed by atoms with Crippen molar-refractivity contribution in [3.8, 4) is 0 Å². The van der Waals surface area contributed by atoms with Gasteiger partial charge in [-0.05, 0) is 53.1 Å². The molecule has 2 heterocycles. The van der Waals surface area contributed by atoms with Crippen LogP contribution >= 0.6 is 0 Å². The van der Waals surface area contributed by atoms with E-state index in [1.165, 1.54) is 5.52 Å². The van der Waals surface area contributed by atoms with E-state index in [1.54, 1.807) is 0 Å². The van der Waals surface area contributed by atoms with Crippen LogP contribution in [0.15, 0.2) is 24.4 Å². The summed E-state index contributed by atoms with van der Waals surface area (Å²) in [6.45, 7) is 7.50. The summed E-state index contributed by atoms with van der Waals surface area (Å²) >= 11 is 0. The van der Waals surface area contributed by atoms with Crippen molar-refractivity contribution in [1.82, 2.24) is 14.5 Å². The largest absolute Gasteiger partial charge is 0.344 e. The highest BCUT2D eigenvalue weighted by molar-refractivity contribution is 5.75. The molecule has 3 heteroatoms. The molecule has 0 saturated carbocycles. The van der Waals surface area contributed by atoms with E-state index >= 15 is 0 Å². The molecular weight excluding hydrogens is 210 g/mol. The van der Waals surface area contributed by atoms with E-state index in [9.17, 15) is 0 Å². The van der Waals surface area contributed by atoms with Gasteiger partial charge in [-0.2, -0.15) is 0 Å². The first-order valence-electron chi connectivity index (χ1n) is 6.00. The number of hydrogen-bond acceptors (Lipinski definition) is 2. The van der Waals surface area contributed by atoms with Crippen LogP contribution in [0.1, 0.15) is 19.5 Å². The first-order chi connectivity index (χ1) is 7.90. The molecular formula is C14H21N3. The van der Waals surface area contributed by atoms with E-state index in [4.69, 9.17) is 0 Å². The van der Waals surface area contributed by atoms with E-state index in [-0.39, 0.29) is 5.54 Å². The molecule has 92 valence electrons. The maximum atomic E-state index is 4.54. The molecule has 0 N–H and O–H groups in total. The number of aryl methyl sites for hydroxylation is 1. The molecule has 2 rings (SSSR count). The van der Waals surface area contributed by atoms with Crippen molar-refractivity contribution in [3.05, 3.63) is 30.1 Å². The van der Waals surface area contributed by atoms with E-state index < -0.39 is 0 Å². The zero-order valence-corrected chi connectivity index (χ0v) is 11.4. The Morgan fingerprint density at radius 3 is 2.59 bits per heavy atom. The van der Waals surface area contributed by atoms with Gasteiger partial charge in [-0.25, -0.2) is 0 Å². The topological polar surface area (TPSA) is 21.1 Å². The Kier molecular flexibility index (Phi) is 2.96. The van der Waals surface area contributed by atoms with Crippen LogP contribution in [0.25, 0.3) is 11.0 Å². The van der Waals surface area contributed by atoms with Gasteiger partial charge in [0, 0.05) is 24.0 Å². The van der Waals surface area contributed by atoms with Crippen LogP contribution in [0.4, 0.5) is 0 Å². The maximum absolute atomic E-state index is 4.54. The smallest absolute Gasteiger partial charge is 0.0884 e. The van der Waals surface area contributed by atoms with Gasteiger partial charge >= 0.3 is 0 Å². The second kappa shape index (κ2) is 4.15. The van der Waals surface area contributed by atoms with Crippen molar-refractivity contribution in [3.63, 3.8) is 0 Å². The van der Waals surface area contributed by atoms with Crippen LogP contribution in [0.5, 0.6) is 0 Å². The quantitative estimate of drug-likeness (QED) is 0.810. The minimum atomic E-state index is 0.136. The zero-order chi connectivity index (χ0) is 12.6. The Balaban J connectivity index is 2.37. The van der Waals surface area contributed by atoms with Gasteiger partial charge in [-0.1, -0.05) is 0 Å². The normalized spacial score (nSPS) is 12.6. The fourth-order valence-electron chi connectivity index (χ4n) is 1.87. The average molecular weight is 231 g/mol. The van der Waals surface area contributed by atoms with Crippen LogP contribution in [0.3, 0.4) is 0 Å². The van der Waals surface area contributed by atoms with Crippen LogP contribution in [0.2, 0.25) is 0 Å². The van der Waals surface area contributed by atoms with Crippen LogP contribution in [-0.4, -0.2) is 34.1 Å². The van der Waals surface area contributed by atoms with Crippen LogP contribution in [0, 0.1) is 6.92 Å². The van der Waals surface area contributed by atoms with Crippen molar-refractivity contribution < 1.29 is 0 Å². The van der Waals surface area contributed by atoms with E-state index in [0.29, 0.717) is 0 Å². The highest BCUT2D eigenvalue weighted by Gasteiger charge is 2.21. The van der Waals surface area contributed by atoms with Crippen LogP contribution in [-0.2, 0) is 6.54 Å². The van der Waals surface area contributed by atoms with Gasteiger partial charge in [0.2, 0.25) is 0 Å². The minimum absolute atomic E-state index is 0.136. The van der Waals surface area contributed by atoms with Gasteiger partial charge in [-0.15, -0.1) is 0 Å². The summed E-state index contributed by atoms with van der Waals surface area (Å²) in [6.07, 6.45) is 2.13. The SMILES string of the molecule is Cc1ccc2c(ccn2CC(C)(C)N(C)C)n1. The van der Waals surface area contributed by atoms with Crippen molar-refractivity contribution in [2.24, 2.45) is 0 Å². The molecule has 0 fully saturated rings. The molecule has 0 aliphatic carbocycles. The maximum Gasteiger partial charge on any atom is 0.0884 e. The Labute approximate surface area is 103 Å². The van der Waals surface area contributed by atoms with Crippen molar-refractivity contribution >= 4 is 11.0 Å². The Morgan fingerprint density at radius 2 is 1.94 bits per heavy atom. The summed E-state index contributed by atoms with van der Waals surface area (Å²) in [5, 5.41) is 0. The first-order valence-corrected chi connectivity index (χ1v) is 6.00. The van der Waals surface area contributed by atoms with E-state index in [0.717, 1.165) is 17.8 Å². The summed E-state index contributed by atoms with van der Waals surface area (Å²) in [5.74, 6) is 0. The molecule has 0 amide bonds. The van der Waals surface area contributed by atoms with Gasteiger partial charge in [0.25, 0.3) is 0 Å². The van der Waals surface area contributed by atoms with Crippen molar-refractivity contribution in [1.29, 1.82) is 0 Å². The number of nitrogens with zero attached hydrogens (tertiary/aromatic N) is 3. The van der Waals surface area contributed by atoms with Gasteiger partial charge in [0.1, 0.15) is 0 Å². The van der Waals surface area contributed by atoms with Gasteiger partial charge < -0.3 is 9.47 Å². The predicted molar refractivity (Wildman–Crippen MR) is 72.2 cm³/mol. The summed E-state index contributed by atoms with van der Waals surface area (Å²) in [5.41, 5.74) is 3.50. The third kappa shape index (κ3) is 2.34. The lowest BCUT2D eigenvalue weighted by molar-refractivity contribution is 0.171. The molecule has 0 aliphatic heterocycles. The highest BCUT2D eigenvalue weighted by atomic mass is 15.2. The molecule has 2 aromatic heterocycles. The number of hydrogen-bond donors (Lipinski definition) is 0. The Bertz CT molecular complexity index is 523. The molecule has 0 spiro atoms. The number of pyridine rings is 1. The fourth-order valence-corrected chi connectivity index (χ4v) is 1.87. The van der Waals surface area contributed by atoms with Gasteiger partial charge in [-0.3, -0.25) is 4.98 Å². The summed E-state index contributed by atoms with van der Waals surface area (Å²) in [7, 11) is 4.24. The molecule has 3 nitrogen and oxygen atoms in total. The molecule has 0 aromatic carbocycles. The standard InChI is InChI=1S/C14H21N3/c1-11-6-7-13-12(15-11)8-9-17(13)10-14(2,3)16(4)5/h6-9H,10H2,1-5H3. The summed E-state index contributed by atoms with van der Waals surface area (Å²) < 4.78 is 2.28. The molecule has 17 heavy (non-hydrogen) atoms. The summed E-state index contributed by atoms with van der Waals surface area (Å²) in [6, 6.07) is 6.32. The number of likely N-dealkylation sites (N-methyl/N-ethyl adjacent to an activating group) is 1. The van der Waals surface area contributed by atoms with Crippen molar-refractivity contribution in [2.45, 2.75) is 32.9 Å². The predicted octanol–water partition coefficient (Wildman–Crippen LogP) is 2.68. The second-order valence-electron chi connectivity index (χ2n) is 5.51. The fraction of sp³-hybridized carbons (Fsp3) is 0.500. The molecule has 0 bridgehead atoms. The molecule has 0 atom stereocenters. The third-order valence-electron chi connectivity index (χ3n) is 3.53. The van der Waals surface area contributed by atoms with E-state index in [1.807, 2.05) is 6.92 Å². The molecule has 0 unspecified atom stereocenters. The van der Waals surface area contributed by atoms with Crippen LogP contribution < -0.4 is 0 Å². The number of rotatable bonds is 3. The number of fused-ring (bicyclic) bond motifs is 1. The molecule has 2 aromatic rings. The highest BCUT2D eigenvalue weighted by Crippen LogP contribution is 2.19. The Morgan fingerprint density at radius 1 is 1.24 bits per heavy atom. The lowest BCUT2D eigenvalue weighted by atomic mass is 10.0. The molecule has 0 radical (unpaired) electrons. The third-order valence-corrected chi connectivity index (χ3v) is 3.53. The lowest BCUT2D eigenvalue weighted by Gasteiger charge is -2.33. The number of aromatic nitrogens is 2. The van der Waals surface area contributed by atoms with Gasteiger partial charge in [0.15, 0.2) is 0 Å². The lowest BCUT2D eigenvalue weighted by Crippen LogP contribution is -2.41. The first kappa shape index (κ1) is 12.1. The zero-order valence-electron chi connectivity index (χ0n) is 11.4. The molecule has 0 aliphatic rings. The monoisotopic (exact) mass is 231 g/mol. The summed E-state index contributed by atoms with van der Waals surface area (Å²) in [4.78, 5) is 6.79. The molecule has 0 saturated heterocycles. The second-order valence-corrected chi connectivity index (χ2v) is 5.51. The minimum Gasteiger partial charge on any atom is -0.344 e. The average Bonchev–Trinajstić information content (AvgIpc) is 2.60.